The van der Waals surface area contributed by atoms with Crippen LogP contribution in [-0.4, -0.2) is 17.2 Å². The number of aromatic nitrogens is 2. The van der Waals surface area contributed by atoms with E-state index in [2.05, 4.69) is 26.0 Å². The zero-order chi connectivity index (χ0) is 4.41. The molecular formula is C2H2BBrN2. The standard InChI is InChI=1S/C2H2BBrN2/c4-2-1-5-6-3-2/h1,5H. The molecule has 0 aliphatic heterocycles. The van der Waals surface area contributed by atoms with Gasteiger partial charge in [0.1, 0.15) is 0 Å². The first-order valence-electron chi connectivity index (χ1n) is 1.54. The molecule has 0 bridgehead atoms. The average molecular weight is 145 g/mol. The van der Waals surface area contributed by atoms with Gasteiger partial charge in [0.15, 0.2) is 0 Å². The monoisotopic (exact) mass is 144 g/mol. The van der Waals surface area contributed by atoms with Gasteiger partial charge in [0.25, 0.3) is 0 Å². The Labute approximate surface area is 44.3 Å². The van der Waals surface area contributed by atoms with Crippen LogP contribution in [0.15, 0.2) is 10.6 Å². The summed E-state index contributed by atoms with van der Waals surface area (Å²) in [5.74, 6) is 0. The van der Waals surface area contributed by atoms with Crippen LogP contribution < -0.4 is 0 Å². The molecular weight excluding hydrogens is 143 g/mol. The number of H-pyrrole nitrogens is 1. The summed E-state index contributed by atoms with van der Waals surface area (Å²) in [6.45, 7) is 0. The van der Waals surface area contributed by atoms with Gasteiger partial charge in [-0.3, -0.25) is 0 Å². The van der Waals surface area contributed by atoms with Crippen molar-refractivity contribution in [1.82, 2.24) is 10.1 Å². The van der Waals surface area contributed by atoms with Crippen LogP contribution in [0.2, 0.25) is 0 Å². The van der Waals surface area contributed by atoms with Crippen LogP contribution in [-0.2, 0) is 0 Å². The summed E-state index contributed by atoms with van der Waals surface area (Å²) in [5, 5.41) is 6.28. The minimum absolute atomic E-state index is 0.988. The van der Waals surface area contributed by atoms with Crippen molar-refractivity contribution in [3.05, 3.63) is 10.6 Å². The van der Waals surface area contributed by atoms with E-state index in [0.29, 0.717) is 0 Å². The van der Waals surface area contributed by atoms with Gasteiger partial charge in [-0.1, -0.05) is 0 Å². The van der Waals surface area contributed by atoms with Gasteiger partial charge in [0.05, 0.1) is 0 Å². The Kier molecular flexibility index (Phi) is 1.05. The van der Waals surface area contributed by atoms with Crippen LogP contribution in [0.1, 0.15) is 0 Å². The van der Waals surface area contributed by atoms with Gasteiger partial charge in [-0.15, -0.1) is 0 Å². The molecule has 0 radical (unpaired) electrons. The van der Waals surface area contributed by atoms with E-state index in [1.807, 2.05) is 0 Å². The first-order valence-corrected chi connectivity index (χ1v) is 2.33. The van der Waals surface area contributed by atoms with E-state index in [0.717, 1.165) is 4.37 Å². The number of hydrogen-bond donors (Lipinski definition) is 1. The summed E-state index contributed by atoms with van der Waals surface area (Å²) in [6.07, 6.45) is 1.76. The van der Waals surface area contributed by atoms with E-state index >= 15 is 0 Å². The van der Waals surface area contributed by atoms with Gasteiger partial charge >= 0.3 is 43.7 Å². The molecule has 0 unspecified atom stereocenters. The summed E-state index contributed by atoms with van der Waals surface area (Å²) in [4.78, 5) is 0. The molecule has 1 rings (SSSR count). The average Bonchev–Trinajstić information content (AvgIpc) is 1.86. The van der Waals surface area contributed by atoms with E-state index in [1.165, 1.54) is 0 Å². The third-order valence-corrected chi connectivity index (χ3v) is 0.899. The summed E-state index contributed by atoms with van der Waals surface area (Å²) in [7, 11) is 1.69. The minimum atomic E-state index is 0.988. The van der Waals surface area contributed by atoms with Gasteiger partial charge in [-0.2, -0.15) is 0 Å². The molecule has 2 nitrogen and oxygen atoms in total. The van der Waals surface area contributed by atoms with Crippen molar-refractivity contribution < 1.29 is 0 Å². The first kappa shape index (κ1) is 4.05. The zero-order valence-corrected chi connectivity index (χ0v) is 4.57. The summed E-state index contributed by atoms with van der Waals surface area (Å²) in [6, 6.07) is 0. The summed E-state index contributed by atoms with van der Waals surface area (Å²) >= 11 is 3.19. The van der Waals surface area contributed by atoms with Crippen molar-refractivity contribution >= 4 is 23.0 Å². The van der Waals surface area contributed by atoms with E-state index in [4.69, 9.17) is 0 Å². The SMILES string of the molecule is Brc1bn[nH]c1. The Bertz CT molecular complexity index is 115. The second-order valence-corrected chi connectivity index (χ2v) is 1.83. The molecule has 0 aromatic carbocycles. The number of aromatic amines is 1. The van der Waals surface area contributed by atoms with Crippen molar-refractivity contribution in [2.45, 2.75) is 0 Å². The van der Waals surface area contributed by atoms with Gasteiger partial charge in [-0.25, -0.2) is 0 Å². The van der Waals surface area contributed by atoms with Gasteiger partial charge in [0, 0.05) is 0 Å². The van der Waals surface area contributed by atoms with Crippen LogP contribution in [0.5, 0.6) is 0 Å². The molecule has 1 N–H and O–H groups in total. The molecule has 0 aliphatic carbocycles. The Hall–Kier alpha value is -0.115. The Morgan fingerprint density at radius 3 is 3.00 bits per heavy atom. The number of nitrogens with zero attached hydrogens (tertiary/aromatic N) is 1. The fourth-order valence-corrected chi connectivity index (χ4v) is 0.440. The second-order valence-electron chi connectivity index (χ2n) is 0.917. The third-order valence-electron chi connectivity index (χ3n) is 0.465. The number of rotatable bonds is 0. The van der Waals surface area contributed by atoms with Crippen molar-refractivity contribution in [1.29, 1.82) is 0 Å². The normalized spacial score (nSPS) is 8.17. The first-order chi connectivity index (χ1) is 2.89. The number of hydrogen-bond acceptors (Lipinski definition) is 1. The molecule has 1 aromatic heterocycles. The molecule has 0 aliphatic rings. The third kappa shape index (κ3) is 0.682. The summed E-state index contributed by atoms with van der Waals surface area (Å²) in [5.41, 5.74) is 0. The molecule has 1 aromatic rings. The molecule has 0 spiro atoms. The van der Waals surface area contributed by atoms with Crippen LogP contribution in [0.4, 0.5) is 0 Å². The van der Waals surface area contributed by atoms with E-state index in [9.17, 15) is 0 Å². The van der Waals surface area contributed by atoms with Crippen LogP contribution >= 0.6 is 15.9 Å². The van der Waals surface area contributed by atoms with E-state index in [1.54, 1.807) is 13.2 Å². The predicted molar refractivity (Wildman–Crippen MR) is 27.6 cm³/mol. The van der Waals surface area contributed by atoms with E-state index in [-0.39, 0.29) is 0 Å². The van der Waals surface area contributed by atoms with Crippen LogP contribution in [0, 0.1) is 0 Å². The van der Waals surface area contributed by atoms with Gasteiger partial charge < -0.3 is 0 Å². The molecule has 6 heavy (non-hydrogen) atoms. The molecule has 0 atom stereocenters. The maximum absolute atomic E-state index is 3.65. The van der Waals surface area contributed by atoms with Crippen LogP contribution in [0.3, 0.4) is 0 Å². The topological polar surface area (TPSA) is 28.7 Å². The fourth-order valence-electron chi connectivity index (χ4n) is 0.235. The molecule has 0 saturated heterocycles. The van der Waals surface area contributed by atoms with Gasteiger partial charge in [0.2, 0.25) is 0 Å². The molecule has 0 saturated carbocycles. The Morgan fingerprint density at radius 1 is 2.00 bits per heavy atom. The van der Waals surface area contributed by atoms with Crippen molar-refractivity contribution in [3.8, 4) is 0 Å². The molecule has 0 fully saturated rings. The quantitative estimate of drug-likeness (QED) is 0.565. The maximum atomic E-state index is 3.65. The molecule has 0 amide bonds. The number of nitrogens with one attached hydrogen (secondary N) is 1. The molecule has 4 heteroatoms. The fraction of sp³-hybridized carbons (Fsp3) is 0. The van der Waals surface area contributed by atoms with Gasteiger partial charge in [-0.05, 0) is 0 Å². The predicted octanol–water partition coefficient (Wildman–Crippen LogP) is 0.510. The van der Waals surface area contributed by atoms with Crippen molar-refractivity contribution in [2.75, 3.05) is 0 Å². The molecule has 30 valence electrons. The zero-order valence-electron chi connectivity index (χ0n) is 2.98. The van der Waals surface area contributed by atoms with Crippen molar-refractivity contribution in [2.24, 2.45) is 0 Å². The second kappa shape index (κ2) is 1.56. The number of halogens is 1. The van der Waals surface area contributed by atoms with E-state index < -0.39 is 0 Å². The Morgan fingerprint density at radius 2 is 2.83 bits per heavy atom. The Balaban J connectivity index is 3.05. The van der Waals surface area contributed by atoms with Crippen LogP contribution in [0.25, 0.3) is 0 Å². The van der Waals surface area contributed by atoms with Crippen molar-refractivity contribution in [3.63, 3.8) is 0 Å². The summed E-state index contributed by atoms with van der Waals surface area (Å²) < 4.78 is 0.988. The molecule has 1 heterocycles.